The molecule has 0 amide bonds. The quantitative estimate of drug-likeness (QED) is 0.883. The summed E-state index contributed by atoms with van der Waals surface area (Å²) in [6.45, 7) is 3.84. The molecule has 2 rings (SSSR count). The maximum atomic E-state index is 5.70. The van der Waals surface area contributed by atoms with Crippen LogP contribution in [-0.2, 0) is 0 Å². The third-order valence-corrected chi connectivity index (χ3v) is 2.61. The molecule has 90 valence electrons. The van der Waals surface area contributed by atoms with Gasteiger partial charge in [-0.3, -0.25) is 0 Å². The highest BCUT2D eigenvalue weighted by Gasteiger charge is 2.10. The number of hydrogen-bond donors (Lipinski definition) is 1. The van der Waals surface area contributed by atoms with E-state index in [2.05, 4.69) is 4.98 Å². The van der Waals surface area contributed by atoms with Crippen LogP contribution in [-0.4, -0.2) is 12.1 Å². The lowest BCUT2D eigenvalue weighted by Crippen LogP contribution is -2.04. The van der Waals surface area contributed by atoms with Crippen molar-refractivity contribution in [2.24, 2.45) is 5.73 Å². The Bertz CT molecular complexity index is 518. The van der Waals surface area contributed by atoms with Crippen LogP contribution in [0.1, 0.15) is 24.4 Å². The number of rotatable bonds is 3. The average molecular weight is 232 g/mol. The van der Waals surface area contributed by atoms with Gasteiger partial charge in [0, 0.05) is 5.56 Å². The Labute approximate surface area is 100 Å². The minimum absolute atomic E-state index is 0.198. The van der Waals surface area contributed by atoms with E-state index in [-0.39, 0.29) is 6.04 Å². The topological polar surface area (TPSA) is 61.3 Å². The number of hydrogen-bond acceptors (Lipinski definition) is 4. The predicted molar refractivity (Wildman–Crippen MR) is 65.8 cm³/mol. The van der Waals surface area contributed by atoms with E-state index >= 15 is 0 Å². The first-order valence-corrected chi connectivity index (χ1v) is 5.48. The molecular weight excluding hydrogens is 216 g/mol. The smallest absolute Gasteiger partial charge is 0.211 e. The summed E-state index contributed by atoms with van der Waals surface area (Å²) in [5.74, 6) is 2.08. The van der Waals surface area contributed by atoms with Crippen LogP contribution in [0.2, 0.25) is 0 Å². The lowest BCUT2D eigenvalue weighted by molar-refractivity contribution is 0.411. The average Bonchev–Trinajstić information content (AvgIpc) is 2.79. The van der Waals surface area contributed by atoms with E-state index in [1.54, 1.807) is 13.3 Å². The number of benzene rings is 1. The fourth-order valence-corrected chi connectivity index (χ4v) is 1.60. The Kier molecular flexibility index (Phi) is 3.15. The molecular formula is C13H16N2O2. The molecule has 0 saturated heterocycles. The molecule has 0 spiro atoms. The third-order valence-electron chi connectivity index (χ3n) is 2.61. The van der Waals surface area contributed by atoms with Gasteiger partial charge in [0.05, 0.1) is 19.3 Å². The molecule has 0 saturated carbocycles. The van der Waals surface area contributed by atoms with E-state index in [0.29, 0.717) is 11.7 Å². The second kappa shape index (κ2) is 4.59. The molecule has 1 unspecified atom stereocenters. The van der Waals surface area contributed by atoms with Crippen molar-refractivity contribution in [1.29, 1.82) is 0 Å². The van der Waals surface area contributed by atoms with Crippen LogP contribution >= 0.6 is 0 Å². The molecule has 1 atom stereocenters. The molecule has 2 N–H and O–H groups in total. The minimum Gasteiger partial charge on any atom is -0.496 e. The molecule has 0 aliphatic heterocycles. The Morgan fingerprint density at radius 3 is 2.76 bits per heavy atom. The predicted octanol–water partition coefficient (Wildman–Crippen LogP) is 2.68. The van der Waals surface area contributed by atoms with Crippen molar-refractivity contribution in [1.82, 2.24) is 4.98 Å². The Balaban J connectivity index is 2.38. The number of aromatic nitrogens is 1. The van der Waals surface area contributed by atoms with Crippen LogP contribution in [0.15, 0.2) is 28.8 Å². The molecule has 1 aromatic heterocycles. The van der Waals surface area contributed by atoms with Crippen molar-refractivity contribution in [2.75, 3.05) is 7.11 Å². The van der Waals surface area contributed by atoms with Gasteiger partial charge < -0.3 is 14.9 Å². The number of nitrogens with zero attached hydrogens (tertiary/aromatic N) is 1. The number of aryl methyl sites for hydroxylation is 1. The van der Waals surface area contributed by atoms with Crippen molar-refractivity contribution in [3.8, 4) is 17.1 Å². The fraction of sp³-hybridized carbons (Fsp3) is 0.308. The molecule has 0 radical (unpaired) electrons. The van der Waals surface area contributed by atoms with Crippen molar-refractivity contribution in [3.63, 3.8) is 0 Å². The largest absolute Gasteiger partial charge is 0.496 e. The van der Waals surface area contributed by atoms with Crippen LogP contribution in [0, 0.1) is 6.92 Å². The van der Waals surface area contributed by atoms with Crippen LogP contribution < -0.4 is 10.5 Å². The maximum Gasteiger partial charge on any atom is 0.211 e. The number of methoxy groups -OCH3 is 1. The Morgan fingerprint density at radius 2 is 2.18 bits per heavy atom. The monoisotopic (exact) mass is 232 g/mol. The number of nitrogens with two attached hydrogens (primary N) is 1. The summed E-state index contributed by atoms with van der Waals surface area (Å²) in [6, 6.07) is 5.70. The van der Waals surface area contributed by atoms with Crippen LogP contribution in [0.5, 0.6) is 5.75 Å². The van der Waals surface area contributed by atoms with Gasteiger partial charge in [0.1, 0.15) is 5.75 Å². The summed E-state index contributed by atoms with van der Waals surface area (Å²) in [6.07, 6.45) is 1.68. The number of oxazole rings is 1. The molecule has 4 nitrogen and oxygen atoms in total. The maximum absolute atomic E-state index is 5.70. The first-order valence-electron chi connectivity index (χ1n) is 5.48. The highest BCUT2D eigenvalue weighted by molar-refractivity contribution is 5.60. The molecule has 0 aliphatic rings. The zero-order valence-electron chi connectivity index (χ0n) is 10.2. The summed E-state index contributed by atoms with van der Waals surface area (Å²) in [5.41, 5.74) is 7.73. The van der Waals surface area contributed by atoms with Crippen LogP contribution in [0.25, 0.3) is 11.3 Å². The molecule has 0 bridgehead atoms. The highest BCUT2D eigenvalue weighted by Crippen LogP contribution is 2.28. The van der Waals surface area contributed by atoms with E-state index in [1.165, 1.54) is 0 Å². The molecule has 1 heterocycles. The molecule has 2 aromatic rings. The zero-order chi connectivity index (χ0) is 12.4. The lowest BCUT2D eigenvalue weighted by Gasteiger charge is -2.05. The van der Waals surface area contributed by atoms with Gasteiger partial charge in [-0.25, -0.2) is 4.98 Å². The van der Waals surface area contributed by atoms with Crippen molar-refractivity contribution in [3.05, 3.63) is 35.9 Å². The lowest BCUT2D eigenvalue weighted by atomic mass is 10.1. The van der Waals surface area contributed by atoms with E-state index in [9.17, 15) is 0 Å². The summed E-state index contributed by atoms with van der Waals surface area (Å²) in [7, 11) is 1.65. The summed E-state index contributed by atoms with van der Waals surface area (Å²) >= 11 is 0. The first kappa shape index (κ1) is 11.7. The minimum atomic E-state index is -0.198. The molecule has 1 aromatic carbocycles. The second-order valence-corrected chi connectivity index (χ2v) is 4.04. The van der Waals surface area contributed by atoms with Crippen molar-refractivity contribution < 1.29 is 9.15 Å². The first-order chi connectivity index (χ1) is 8.11. The van der Waals surface area contributed by atoms with Crippen molar-refractivity contribution in [2.45, 2.75) is 19.9 Å². The second-order valence-electron chi connectivity index (χ2n) is 4.04. The van der Waals surface area contributed by atoms with Gasteiger partial charge in [-0.05, 0) is 25.5 Å². The summed E-state index contributed by atoms with van der Waals surface area (Å²) in [4.78, 5) is 4.14. The van der Waals surface area contributed by atoms with Gasteiger partial charge in [0.2, 0.25) is 5.89 Å². The third kappa shape index (κ3) is 2.31. The van der Waals surface area contributed by atoms with E-state index in [4.69, 9.17) is 14.9 Å². The standard InChI is InChI=1S/C13H16N2O2/c1-8-4-5-10(6-11(8)16-3)12-7-15-13(17-12)9(2)14/h4-7,9H,14H2,1-3H3. The molecule has 17 heavy (non-hydrogen) atoms. The van der Waals surface area contributed by atoms with Gasteiger partial charge in [0.25, 0.3) is 0 Å². The van der Waals surface area contributed by atoms with E-state index in [1.807, 2.05) is 32.0 Å². The van der Waals surface area contributed by atoms with Gasteiger partial charge in [-0.2, -0.15) is 0 Å². The van der Waals surface area contributed by atoms with Crippen LogP contribution in [0.3, 0.4) is 0 Å². The van der Waals surface area contributed by atoms with Crippen molar-refractivity contribution >= 4 is 0 Å². The van der Waals surface area contributed by atoms with E-state index < -0.39 is 0 Å². The fourth-order valence-electron chi connectivity index (χ4n) is 1.60. The molecule has 4 heteroatoms. The highest BCUT2D eigenvalue weighted by atomic mass is 16.5. The Hall–Kier alpha value is -1.81. The van der Waals surface area contributed by atoms with Gasteiger partial charge in [-0.1, -0.05) is 12.1 Å². The van der Waals surface area contributed by atoms with Gasteiger partial charge in [-0.15, -0.1) is 0 Å². The molecule has 0 aliphatic carbocycles. The van der Waals surface area contributed by atoms with Gasteiger partial charge >= 0.3 is 0 Å². The van der Waals surface area contributed by atoms with E-state index in [0.717, 1.165) is 16.9 Å². The summed E-state index contributed by atoms with van der Waals surface area (Å²) < 4.78 is 10.9. The Morgan fingerprint density at radius 1 is 1.41 bits per heavy atom. The summed E-state index contributed by atoms with van der Waals surface area (Å²) in [5, 5.41) is 0. The number of ether oxygens (including phenoxy) is 1. The van der Waals surface area contributed by atoms with Gasteiger partial charge in [0.15, 0.2) is 5.76 Å². The normalized spacial score (nSPS) is 12.5. The SMILES string of the molecule is COc1cc(-c2cnc(C(C)N)o2)ccc1C. The zero-order valence-corrected chi connectivity index (χ0v) is 10.2. The molecule has 0 fully saturated rings. The van der Waals surface area contributed by atoms with Crippen LogP contribution in [0.4, 0.5) is 0 Å².